The van der Waals surface area contributed by atoms with Gasteiger partial charge in [-0.2, -0.15) is 0 Å². The first-order valence-electron chi connectivity index (χ1n) is 15.6. The van der Waals surface area contributed by atoms with Crippen LogP contribution in [0.5, 0.6) is 0 Å². The van der Waals surface area contributed by atoms with E-state index in [9.17, 15) is 14.4 Å². The zero-order chi connectivity index (χ0) is 28.6. The average Bonchev–Trinajstić information content (AvgIpc) is 3.22. The fourth-order valence-electron chi connectivity index (χ4n) is 12.1. The van der Waals surface area contributed by atoms with Gasteiger partial charge in [-0.05, 0) is 121 Å². The van der Waals surface area contributed by atoms with Crippen LogP contribution in [0.15, 0.2) is 12.2 Å². The minimum Gasteiger partial charge on any atom is -0.465 e. The van der Waals surface area contributed by atoms with Gasteiger partial charge < -0.3 is 9.47 Å². The number of rotatable bonds is 5. The molecule has 39 heavy (non-hydrogen) atoms. The van der Waals surface area contributed by atoms with E-state index >= 15 is 0 Å². The first-order valence-corrected chi connectivity index (χ1v) is 15.6. The predicted octanol–water partition coefficient (Wildman–Crippen LogP) is 7.32. The summed E-state index contributed by atoms with van der Waals surface area (Å²) in [5.41, 5.74) is 1.26. The van der Waals surface area contributed by atoms with Gasteiger partial charge in [-0.25, -0.2) is 0 Å². The van der Waals surface area contributed by atoms with Crippen LogP contribution in [0.3, 0.4) is 0 Å². The molecule has 5 rings (SSSR count). The minimum atomic E-state index is -0.396. The number of ether oxygens (including phenoxy) is 2. The maximum atomic E-state index is 12.1. The molecule has 5 nitrogen and oxygen atoms in total. The molecule has 0 N–H and O–H groups in total. The molecule has 5 aliphatic rings. The maximum absolute atomic E-state index is 12.1. The van der Waals surface area contributed by atoms with E-state index in [0.29, 0.717) is 41.6 Å². The minimum absolute atomic E-state index is 0.0920. The smallest absolute Gasteiger partial charge is 0.302 e. The van der Waals surface area contributed by atoms with Crippen molar-refractivity contribution >= 4 is 18.2 Å². The molecule has 0 amide bonds. The van der Waals surface area contributed by atoms with E-state index in [4.69, 9.17) is 9.47 Å². The topological polar surface area (TPSA) is 69.7 Å². The van der Waals surface area contributed by atoms with Crippen molar-refractivity contribution in [3.63, 3.8) is 0 Å². The average molecular weight is 541 g/mol. The summed E-state index contributed by atoms with van der Waals surface area (Å²) < 4.78 is 11.6. The van der Waals surface area contributed by atoms with E-state index in [1.54, 1.807) is 0 Å². The lowest BCUT2D eigenvalue weighted by Gasteiger charge is -2.73. The predicted molar refractivity (Wildman–Crippen MR) is 152 cm³/mol. The van der Waals surface area contributed by atoms with Crippen molar-refractivity contribution in [2.24, 2.45) is 56.7 Å². The second-order valence-electron chi connectivity index (χ2n) is 15.6. The highest BCUT2D eigenvalue weighted by Crippen LogP contribution is 2.77. The SMILES string of the molecule is C=C(C=O)C1CCC2(C)CCC3(C)C(CCC4C5(C)CCC(OC(C)=O)C(C)(COC(C)=O)C5CCC43C)C12. The standard InChI is InChI=1S/C34H52O5/c1-21(19-35)24-11-14-30(4)17-18-33(7)25(29(24)30)9-10-27-31(5)15-13-28(39-23(3)37)32(6,20-38-22(2)36)26(31)12-16-34(27,33)8/h19,24-29H,1,9-18,20H2,2-8H3. The summed E-state index contributed by atoms with van der Waals surface area (Å²) in [5.74, 6) is 1.86. The van der Waals surface area contributed by atoms with Gasteiger partial charge in [0.05, 0.1) is 0 Å². The number of esters is 2. The van der Waals surface area contributed by atoms with Crippen LogP contribution in [0.4, 0.5) is 0 Å². The third-order valence-electron chi connectivity index (χ3n) is 14.1. The monoisotopic (exact) mass is 540 g/mol. The molecule has 5 saturated carbocycles. The van der Waals surface area contributed by atoms with E-state index in [0.717, 1.165) is 44.0 Å². The van der Waals surface area contributed by atoms with Gasteiger partial charge in [0.2, 0.25) is 0 Å². The highest BCUT2D eigenvalue weighted by Gasteiger charge is 2.71. The Morgan fingerprint density at radius 2 is 1.54 bits per heavy atom. The molecule has 11 unspecified atom stereocenters. The molecule has 5 aliphatic carbocycles. The molecule has 218 valence electrons. The van der Waals surface area contributed by atoms with Crippen molar-refractivity contribution in [3.8, 4) is 0 Å². The van der Waals surface area contributed by atoms with Crippen molar-refractivity contribution in [2.75, 3.05) is 6.61 Å². The van der Waals surface area contributed by atoms with Crippen LogP contribution >= 0.6 is 0 Å². The van der Waals surface area contributed by atoms with Gasteiger partial charge in [-0.3, -0.25) is 14.4 Å². The number of allylic oxidation sites excluding steroid dienone is 1. The zero-order valence-corrected chi connectivity index (χ0v) is 25.6. The van der Waals surface area contributed by atoms with E-state index in [-0.39, 0.29) is 34.3 Å². The van der Waals surface area contributed by atoms with Crippen molar-refractivity contribution in [3.05, 3.63) is 12.2 Å². The Hall–Kier alpha value is -1.65. The lowest BCUT2D eigenvalue weighted by molar-refractivity contribution is -0.256. The van der Waals surface area contributed by atoms with Crippen molar-refractivity contribution in [1.82, 2.24) is 0 Å². The fourth-order valence-corrected chi connectivity index (χ4v) is 12.1. The Kier molecular flexibility index (Phi) is 6.99. The van der Waals surface area contributed by atoms with Gasteiger partial charge in [0.25, 0.3) is 0 Å². The Morgan fingerprint density at radius 3 is 2.18 bits per heavy atom. The van der Waals surface area contributed by atoms with Gasteiger partial charge in [0.1, 0.15) is 19.0 Å². The second-order valence-corrected chi connectivity index (χ2v) is 15.6. The maximum Gasteiger partial charge on any atom is 0.302 e. The van der Waals surface area contributed by atoms with Crippen molar-refractivity contribution in [2.45, 2.75) is 119 Å². The third kappa shape index (κ3) is 4.02. The molecule has 0 saturated heterocycles. The highest BCUT2D eigenvalue weighted by atomic mass is 16.6. The lowest BCUT2D eigenvalue weighted by atomic mass is 9.32. The van der Waals surface area contributed by atoms with Gasteiger partial charge >= 0.3 is 11.9 Å². The molecule has 5 fully saturated rings. The first-order chi connectivity index (χ1) is 18.2. The van der Waals surface area contributed by atoms with Gasteiger partial charge in [-0.1, -0.05) is 41.2 Å². The van der Waals surface area contributed by atoms with Gasteiger partial charge in [0, 0.05) is 19.3 Å². The largest absolute Gasteiger partial charge is 0.465 e. The van der Waals surface area contributed by atoms with Crippen LogP contribution in [0.25, 0.3) is 0 Å². The molecule has 0 aromatic carbocycles. The van der Waals surface area contributed by atoms with Crippen LogP contribution in [0.1, 0.15) is 113 Å². The third-order valence-corrected chi connectivity index (χ3v) is 14.1. The summed E-state index contributed by atoms with van der Waals surface area (Å²) in [4.78, 5) is 35.9. The number of aldehydes is 1. The first kappa shape index (κ1) is 28.9. The number of carbonyl (C=O) groups is 3. The molecule has 0 spiro atoms. The summed E-state index contributed by atoms with van der Waals surface area (Å²) in [7, 11) is 0. The normalized spacial score (nSPS) is 50.4. The van der Waals surface area contributed by atoms with E-state index in [1.165, 1.54) is 46.0 Å². The summed E-state index contributed by atoms with van der Waals surface area (Å²) in [6.07, 6.45) is 12.1. The Bertz CT molecular complexity index is 1050. The molecule has 0 bridgehead atoms. The Labute approximate surface area is 236 Å². The van der Waals surface area contributed by atoms with Crippen LogP contribution in [-0.2, 0) is 23.9 Å². The Morgan fingerprint density at radius 1 is 0.821 bits per heavy atom. The summed E-state index contributed by atoms with van der Waals surface area (Å²) in [6.45, 7) is 19.9. The molecular weight excluding hydrogens is 488 g/mol. The summed E-state index contributed by atoms with van der Waals surface area (Å²) in [5, 5.41) is 0. The van der Waals surface area contributed by atoms with Gasteiger partial charge in [-0.15, -0.1) is 0 Å². The van der Waals surface area contributed by atoms with Crippen LogP contribution in [0, 0.1) is 56.7 Å². The number of carbonyl (C=O) groups excluding carboxylic acids is 3. The number of hydrogen-bond donors (Lipinski definition) is 0. The fraction of sp³-hybridized carbons (Fsp3) is 0.853. The summed E-state index contributed by atoms with van der Waals surface area (Å²) >= 11 is 0. The molecule has 11 atom stereocenters. The van der Waals surface area contributed by atoms with E-state index < -0.39 is 5.41 Å². The van der Waals surface area contributed by atoms with Crippen LogP contribution in [0.2, 0.25) is 0 Å². The van der Waals surface area contributed by atoms with E-state index in [1.807, 2.05) is 0 Å². The van der Waals surface area contributed by atoms with Crippen molar-refractivity contribution in [1.29, 1.82) is 0 Å². The molecule has 0 radical (unpaired) electrons. The van der Waals surface area contributed by atoms with E-state index in [2.05, 4.69) is 41.2 Å². The molecule has 0 aromatic rings. The summed E-state index contributed by atoms with van der Waals surface area (Å²) in [6, 6.07) is 0. The molecule has 0 aliphatic heterocycles. The Balaban J connectivity index is 1.51. The molecule has 5 heteroatoms. The number of fused-ring (bicyclic) bond motifs is 7. The molecule has 0 aromatic heterocycles. The zero-order valence-electron chi connectivity index (χ0n) is 25.6. The molecular formula is C34H52O5. The van der Waals surface area contributed by atoms with Crippen molar-refractivity contribution < 1.29 is 23.9 Å². The quantitative estimate of drug-likeness (QED) is 0.208. The second kappa shape index (κ2) is 9.44. The number of hydrogen-bond acceptors (Lipinski definition) is 5. The lowest BCUT2D eigenvalue weighted by Crippen LogP contribution is -2.67. The van der Waals surface area contributed by atoms with Gasteiger partial charge in [0.15, 0.2) is 0 Å². The van der Waals surface area contributed by atoms with Crippen LogP contribution in [-0.4, -0.2) is 30.9 Å². The van der Waals surface area contributed by atoms with Crippen LogP contribution < -0.4 is 0 Å². The highest BCUT2D eigenvalue weighted by molar-refractivity contribution is 5.73. The molecule has 0 heterocycles.